The Bertz CT molecular complexity index is 6530. The number of hydrogen-bond acceptors (Lipinski definition) is 1. The van der Waals surface area contributed by atoms with Crippen LogP contribution in [0.25, 0.3) is 60.5 Å². The third-order valence-electron chi connectivity index (χ3n) is 31.4. The molecule has 0 spiro atoms. The highest BCUT2D eigenvalue weighted by atomic mass is 15.1. The Labute approximate surface area is 738 Å². The normalized spacial score (nSPS) is 21.5. The van der Waals surface area contributed by atoms with E-state index >= 15 is 0 Å². The molecule has 24 rings (SSSR count). The Morgan fingerprint density at radius 2 is 0.573 bits per heavy atom. The lowest BCUT2D eigenvalue weighted by Crippen LogP contribution is -2.56. The monoisotopic (exact) mass is 1610 g/mol. The maximum Gasteiger partial charge on any atom is 0.242 e. The van der Waals surface area contributed by atoms with Gasteiger partial charge in [0.05, 0.1) is 11.0 Å². The second-order valence-corrected chi connectivity index (χ2v) is 40.2. The van der Waals surface area contributed by atoms with Crippen molar-refractivity contribution in [2.75, 3.05) is 4.90 Å². The van der Waals surface area contributed by atoms with Crippen LogP contribution in [0, 0.1) is 107 Å². The predicted octanol–water partition coefficient (Wildman–Crippen LogP) is 26.7. The molecule has 612 valence electrons. The number of nitrogens with zero attached hydrogens (tertiary/aromatic N) is 2. The number of hydrogen-bond donors (Lipinski definition) is 0. The molecule has 2 nitrogen and oxygen atoms in total. The lowest BCUT2D eigenvalue weighted by molar-refractivity contribution is -0.0282. The van der Waals surface area contributed by atoms with Gasteiger partial charge >= 0.3 is 0 Å². The molecule has 0 aliphatic heterocycles. The molecule has 8 bridgehead atoms. The van der Waals surface area contributed by atoms with Crippen LogP contribution in [-0.4, -0.2) is 18.0 Å². The standard InChI is InChI=1S/C62H60BN.C58H56BN/c1-41-29-43(3)59(44(4)30-41)63(60-45(5)31-42(2)32-46(60)6)55-16-12-15-51(34-55)50-19-22-53(23-20-50)61-36-47-33-48(37-61)39-62(38-47,40-61)54-24-27-57(28-25-54)64(56-17-8-7-9-18-56)58-26-21-49-13-10-11-14-52(49)35-58;1-37-26-39(3)55(40(4)27-37)59(56-41(5)28-38(2)29-42(56)6)49-13-11-12-46(31-49)45-18-20-47(21-19-45)57-32-43-30-44(33-57)35-58(34-43,36-57)48-22-24-50(25-23-48)60-53-16-9-7-14-51(53)52-15-8-10-17-54(52)60/h7-32,34-35,47-48H,33,36-40H2,1-6H3;7-29,31,43-44H,30,32-36H2,1-6H3. The molecule has 0 amide bonds. The first kappa shape index (κ1) is 79.5. The summed E-state index contributed by atoms with van der Waals surface area (Å²) in [6.07, 6.45) is 16.0. The SMILES string of the molecule is Cc1cc(C)c(B(c2cccc(-c3ccc(C45CC6CC(C4)CC(c4ccc(-n7c8ccccc8c8ccccc87)cc4)(C6)C5)cc3)c2)c2c(C)cc(C)cc2C)c(C)c1.Cc1cc(C)c(B(c2cccc(-c3ccc(C45CC6CC(C4)CC(c4ccc(N(c7ccccc7)c7ccc8ccccc8c7)cc4)(C6)C5)cc3)c2)c2c(C)cc(C)cc2C)c(C)c1. The average molecular weight is 1610 g/mol. The minimum Gasteiger partial charge on any atom is -0.310 e. The zero-order valence-electron chi connectivity index (χ0n) is 74.9. The summed E-state index contributed by atoms with van der Waals surface area (Å²) >= 11 is 0. The van der Waals surface area contributed by atoms with Crippen molar-refractivity contribution >= 4 is 95.8 Å². The number of para-hydroxylation sites is 3. The van der Waals surface area contributed by atoms with Crippen LogP contribution >= 0.6 is 0 Å². The van der Waals surface area contributed by atoms with Crippen LogP contribution in [0.4, 0.5) is 17.1 Å². The molecule has 8 aliphatic rings. The van der Waals surface area contributed by atoms with Crippen LogP contribution in [0.3, 0.4) is 0 Å². The summed E-state index contributed by atoms with van der Waals surface area (Å²) in [6.45, 7) is 27.7. The van der Waals surface area contributed by atoms with Gasteiger partial charge in [0.15, 0.2) is 0 Å². The van der Waals surface area contributed by atoms with Gasteiger partial charge in [-0.3, -0.25) is 0 Å². The topological polar surface area (TPSA) is 8.17 Å². The largest absolute Gasteiger partial charge is 0.310 e. The average Bonchev–Trinajstić information content (AvgIpc) is 0.747. The highest BCUT2D eigenvalue weighted by molar-refractivity contribution is 6.97. The molecular weight excluding hydrogens is 1490 g/mol. The third-order valence-corrected chi connectivity index (χ3v) is 31.4. The van der Waals surface area contributed by atoms with Gasteiger partial charge < -0.3 is 9.47 Å². The van der Waals surface area contributed by atoms with Gasteiger partial charge in [0.25, 0.3) is 0 Å². The summed E-state index contributed by atoms with van der Waals surface area (Å²) < 4.78 is 2.46. The summed E-state index contributed by atoms with van der Waals surface area (Å²) in [7, 11) is 0. The molecule has 1 heterocycles. The maximum absolute atomic E-state index is 2.52. The molecule has 16 aromatic rings. The highest BCUT2D eigenvalue weighted by Crippen LogP contribution is 2.68. The summed E-state index contributed by atoms with van der Waals surface area (Å²) in [5, 5.41) is 5.18. The second kappa shape index (κ2) is 31.2. The minimum atomic E-state index is 0.165. The number of fused-ring (bicyclic) bond motifs is 4. The maximum atomic E-state index is 2.52. The summed E-state index contributed by atoms with van der Waals surface area (Å²) in [4.78, 5) is 2.42. The number of aryl methyl sites for hydroxylation is 12. The van der Waals surface area contributed by atoms with E-state index in [1.807, 2.05) is 0 Å². The molecule has 0 N–H and O–H groups in total. The predicted molar refractivity (Wildman–Crippen MR) is 531 cm³/mol. The van der Waals surface area contributed by atoms with E-state index in [1.165, 1.54) is 254 Å². The van der Waals surface area contributed by atoms with Crippen LogP contribution in [0.5, 0.6) is 0 Å². The lowest BCUT2D eigenvalue weighted by Gasteiger charge is -2.63. The third kappa shape index (κ3) is 14.0. The number of benzene rings is 15. The van der Waals surface area contributed by atoms with Gasteiger partial charge in [0.1, 0.15) is 0 Å². The van der Waals surface area contributed by atoms with Crippen LogP contribution in [0.2, 0.25) is 0 Å². The molecule has 4 atom stereocenters. The fourth-order valence-corrected chi connectivity index (χ4v) is 27.7. The first-order chi connectivity index (χ1) is 60.1. The van der Waals surface area contributed by atoms with Crippen molar-refractivity contribution in [3.8, 4) is 27.9 Å². The van der Waals surface area contributed by atoms with Crippen molar-refractivity contribution in [3.05, 3.63) is 404 Å². The van der Waals surface area contributed by atoms with Crippen molar-refractivity contribution in [3.63, 3.8) is 0 Å². The van der Waals surface area contributed by atoms with Gasteiger partial charge in [-0.05, 0) is 321 Å². The number of anilines is 3. The van der Waals surface area contributed by atoms with Gasteiger partial charge in [0.2, 0.25) is 13.4 Å². The van der Waals surface area contributed by atoms with Gasteiger partial charge in [0, 0.05) is 33.5 Å². The number of rotatable bonds is 16. The first-order valence-corrected chi connectivity index (χ1v) is 46.4. The fraction of sp³-hybridized carbons (Fsp3) is 0.267. The summed E-state index contributed by atoms with van der Waals surface area (Å²) in [6, 6.07) is 121. The van der Waals surface area contributed by atoms with E-state index in [-0.39, 0.29) is 35.1 Å². The van der Waals surface area contributed by atoms with Crippen molar-refractivity contribution in [1.82, 2.24) is 4.57 Å². The highest BCUT2D eigenvalue weighted by Gasteiger charge is 2.60. The second-order valence-electron chi connectivity index (χ2n) is 40.2. The molecule has 4 unspecified atom stereocenters. The van der Waals surface area contributed by atoms with Crippen LogP contribution in [0.15, 0.2) is 315 Å². The van der Waals surface area contributed by atoms with Crippen molar-refractivity contribution in [2.45, 2.75) is 182 Å². The van der Waals surface area contributed by atoms with E-state index in [4.69, 9.17) is 0 Å². The number of aromatic nitrogens is 1. The Hall–Kier alpha value is -11.7. The summed E-state index contributed by atoms with van der Waals surface area (Å²) in [5.74, 6) is 3.18. The van der Waals surface area contributed by atoms with Gasteiger partial charge in [-0.15, -0.1) is 0 Å². The Morgan fingerprint density at radius 1 is 0.258 bits per heavy atom. The zero-order chi connectivity index (χ0) is 84.7. The molecular formula is C120H116B2N2. The molecule has 15 aromatic carbocycles. The molecule has 8 saturated carbocycles. The van der Waals surface area contributed by atoms with Crippen molar-refractivity contribution < 1.29 is 0 Å². The first-order valence-electron chi connectivity index (χ1n) is 46.4. The zero-order valence-corrected chi connectivity index (χ0v) is 74.9. The van der Waals surface area contributed by atoms with Crippen molar-refractivity contribution in [1.29, 1.82) is 0 Å². The van der Waals surface area contributed by atoms with Crippen LogP contribution in [0.1, 0.15) is 166 Å². The quantitative estimate of drug-likeness (QED) is 0.0876. The molecule has 4 heteroatoms. The minimum absolute atomic E-state index is 0.165. The Balaban J connectivity index is 0.000000152. The van der Waals surface area contributed by atoms with E-state index in [9.17, 15) is 0 Å². The van der Waals surface area contributed by atoms with E-state index in [2.05, 4.69) is 408 Å². The van der Waals surface area contributed by atoms with Gasteiger partial charge in [-0.1, -0.05) is 354 Å². The van der Waals surface area contributed by atoms with E-state index in [1.54, 1.807) is 22.3 Å². The summed E-state index contributed by atoms with van der Waals surface area (Å²) in [5.41, 5.74) is 44.6. The van der Waals surface area contributed by atoms with E-state index in [0.717, 1.165) is 23.7 Å². The Kier molecular flexibility index (Phi) is 20.0. The molecule has 1 aromatic heterocycles. The van der Waals surface area contributed by atoms with Crippen LogP contribution in [-0.2, 0) is 21.7 Å². The van der Waals surface area contributed by atoms with E-state index in [0.29, 0.717) is 0 Å². The molecule has 124 heavy (non-hydrogen) atoms. The molecule has 0 saturated heterocycles. The smallest absolute Gasteiger partial charge is 0.242 e. The van der Waals surface area contributed by atoms with Gasteiger partial charge in [-0.25, -0.2) is 0 Å². The van der Waals surface area contributed by atoms with Crippen molar-refractivity contribution in [2.24, 2.45) is 23.7 Å². The van der Waals surface area contributed by atoms with Crippen LogP contribution < -0.4 is 37.7 Å². The Morgan fingerprint density at radius 3 is 0.952 bits per heavy atom. The fourth-order valence-electron chi connectivity index (χ4n) is 27.7. The molecule has 8 aliphatic carbocycles. The molecule has 8 fully saturated rings. The van der Waals surface area contributed by atoms with E-state index < -0.39 is 0 Å². The lowest BCUT2D eigenvalue weighted by atomic mass is 9.34. The molecule has 0 radical (unpaired) electrons. The van der Waals surface area contributed by atoms with Gasteiger partial charge in [-0.2, -0.15) is 0 Å².